The number of hydrogen-bond acceptors (Lipinski definition) is 4. The van der Waals surface area contributed by atoms with Crippen molar-refractivity contribution >= 4 is 15.7 Å². The van der Waals surface area contributed by atoms with Crippen LogP contribution in [0.5, 0.6) is 0 Å². The van der Waals surface area contributed by atoms with Crippen molar-refractivity contribution in [3.63, 3.8) is 0 Å². The average Bonchev–Trinajstić information content (AvgIpc) is 2.47. The Morgan fingerprint density at radius 1 is 1.29 bits per heavy atom. The van der Waals surface area contributed by atoms with E-state index in [9.17, 15) is 12.8 Å². The summed E-state index contributed by atoms with van der Waals surface area (Å²) in [7, 11) is -4.00. The molecule has 0 aliphatic heterocycles. The number of sulfonamides is 1. The van der Waals surface area contributed by atoms with Crippen LogP contribution in [0, 0.1) is 17.7 Å². The molecule has 5 nitrogen and oxygen atoms in total. The highest BCUT2D eigenvalue weighted by molar-refractivity contribution is 7.92. The molecule has 2 N–H and O–H groups in total. The number of nitrogens with one attached hydrogen (secondary N) is 1. The fraction of sp³-hybridized carbons (Fsp3) is 0.0714. The summed E-state index contributed by atoms with van der Waals surface area (Å²) in [6.07, 6.45) is 2.19. The number of aliphatic hydroxyl groups excluding tert-OH is 1. The first kappa shape index (κ1) is 15.0. The van der Waals surface area contributed by atoms with Gasteiger partial charge in [-0.3, -0.25) is 9.71 Å². The second kappa shape index (κ2) is 6.35. The molecule has 0 unspecified atom stereocenters. The largest absolute Gasteiger partial charge is 0.384 e. The zero-order chi connectivity index (χ0) is 15.3. The minimum atomic E-state index is -4.00. The Morgan fingerprint density at radius 2 is 2.05 bits per heavy atom. The minimum Gasteiger partial charge on any atom is -0.384 e. The molecule has 0 saturated carbocycles. The van der Waals surface area contributed by atoms with Crippen molar-refractivity contribution in [1.29, 1.82) is 0 Å². The maximum Gasteiger partial charge on any atom is 0.263 e. The summed E-state index contributed by atoms with van der Waals surface area (Å²) in [4.78, 5) is 3.45. The molecular weight excluding hydrogens is 295 g/mol. The molecule has 7 heteroatoms. The molecule has 0 amide bonds. The van der Waals surface area contributed by atoms with E-state index < -0.39 is 15.8 Å². The predicted octanol–water partition coefficient (Wildman–Crippen LogP) is 1.37. The van der Waals surface area contributed by atoms with E-state index in [0.29, 0.717) is 0 Å². The molecule has 0 fully saturated rings. The van der Waals surface area contributed by atoms with Crippen LogP contribution < -0.4 is 4.72 Å². The summed E-state index contributed by atoms with van der Waals surface area (Å²) >= 11 is 0. The first-order chi connectivity index (χ1) is 10.0. The second-order valence-corrected chi connectivity index (χ2v) is 5.57. The summed E-state index contributed by atoms with van der Waals surface area (Å²) in [5, 5.41) is 8.70. The van der Waals surface area contributed by atoms with Gasteiger partial charge in [-0.2, -0.15) is 0 Å². The summed E-state index contributed by atoms with van der Waals surface area (Å²) in [5.74, 6) is 4.15. The molecule has 1 aromatic carbocycles. The number of anilines is 1. The summed E-state index contributed by atoms with van der Waals surface area (Å²) in [6, 6.07) is 7.22. The molecule has 108 valence electrons. The predicted molar refractivity (Wildman–Crippen MR) is 75.4 cm³/mol. The topological polar surface area (TPSA) is 79.3 Å². The SMILES string of the molecule is O=S(=O)(Nc1ccncc1F)c1ccccc1C#CCO. The van der Waals surface area contributed by atoms with Crippen LogP contribution >= 0.6 is 0 Å². The van der Waals surface area contributed by atoms with Gasteiger partial charge in [0, 0.05) is 11.8 Å². The van der Waals surface area contributed by atoms with E-state index in [-0.39, 0.29) is 22.8 Å². The summed E-state index contributed by atoms with van der Waals surface area (Å²) in [5.41, 5.74) is 0.0171. The first-order valence-electron chi connectivity index (χ1n) is 5.85. The number of benzene rings is 1. The van der Waals surface area contributed by atoms with Crippen LogP contribution in [0.15, 0.2) is 47.6 Å². The lowest BCUT2D eigenvalue weighted by molar-refractivity contribution is 0.350. The quantitative estimate of drug-likeness (QED) is 0.839. The van der Waals surface area contributed by atoms with Gasteiger partial charge in [0.15, 0.2) is 5.82 Å². The molecule has 0 aliphatic carbocycles. The van der Waals surface area contributed by atoms with Gasteiger partial charge in [0.2, 0.25) is 0 Å². The van der Waals surface area contributed by atoms with Gasteiger partial charge in [0.05, 0.1) is 11.9 Å². The highest BCUT2D eigenvalue weighted by Crippen LogP contribution is 2.20. The molecule has 0 saturated heterocycles. The number of nitrogens with zero attached hydrogens (tertiary/aromatic N) is 1. The number of rotatable bonds is 3. The zero-order valence-electron chi connectivity index (χ0n) is 10.7. The molecule has 0 aliphatic rings. The molecule has 0 spiro atoms. The van der Waals surface area contributed by atoms with Crippen LogP contribution in [0.1, 0.15) is 5.56 Å². The van der Waals surface area contributed by atoms with Crippen molar-refractivity contribution in [3.05, 3.63) is 54.1 Å². The lowest BCUT2D eigenvalue weighted by Gasteiger charge is -2.10. The monoisotopic (exact) mass is 306 g/mol. The Hall–Kier alpha value is -2.43. The van der Waals surface area contributed by atoms with Gasteiger partial charge in [0.1, 0.15) is 11.5 Å². The summed E-state index contributed by atoms with van der Waals surface area (Å²) in [6.45, 7) is -0.388. The van der Waals surface area contributed by atoms with E-state index in [4.69, 9.17) is 5.11 Å². The third kappa shape index (κ3) is 3.56. The van der Waals surface area contributed by atoms with E-state index >= 15 is 0 Å². The molecule has 0 radical (unpaired) electrons. The number of pyridine rings is 1. The first-order valence-corrected chi connectivity index (χ1v) is 7.34. The number of aromatic nitrogens is 1. The van der Waals surface area contributed by atoms with Gasteiger partial charge in [-0.1, -0.05) is 24.0 Å². The van der Waals surface area contributed by atoms with Gasteiger partial charge in [0.25, 0.3) is 10.0 Å². The van der Waals surface area contributed by atoms with Crippen molar-refractivity contribution in [2.45, 2.75) is 4.90 Å². The lowest BCUT2D eigenvalue weighted by atomic mass is 10.2. The van der Waals surface area contributed by atoms with E-state index in [1.807, 2.05) is 0 Å². The minimum absolute atomic E-state index is 0.0952. The van der Waals surface area contributed by atoms with E-state index in [1.165, 1.54) is 30.5 Å². The summed E-state index contributed by atoms with van der Waals surface area (Å²) < 4.78 is 40.3. The number of halogens is 1. The van der Waals surface area contributed by atoms with Crippen molar-refractivity contribution in [3.8, 4) is 11.8 Å². The van der Waals surface area contributed by atoms with Gasteiger partial charge >= 0.3 is 0 Å². The van der Waals surface area contributed by atoms with Crippen molar-refractivity contribution in [2.75, 3.05) is 11.3 Å². The fourth-order valence-corrected chi connectivity index (χ4v) is 2.83. The Labute approximate surface area is 121 Å². The van der Waals surface area contributed by atoms with Crippen molar-refractivity contribution in [2.24, 2.45) is 0 Å². The van der Waals surface area contributed by atoms with Crippen molar-refractivity contribution in [1.82, 2.24) is 4.98 Å². The van der Waals surface area contributed by atoms with Gasteiger partial charge in [-0.15, -0.1) is 0 Å². The molecular formula is C14H11FN2O3S. The molecule has 0 bridgehead atoms. The lowest BCUT2D eigenvalue weighted by Crippen LogP contribution is -2.15. The maximum atomic E-state index is 13.5. The fourth-order valence-electron chi connectivity index (χ4n) is 1.60. The highest BCUT2D eigenvalue weighted by atomic mass is 32.2. The smallest absolute Gasteiger partial charge is 0.263 e. The van der Waals surface area contributed by atoms with Crippen LogP contribution in [0.25, 0.3) is 0 Å². The van der Waals surface area contributed by atoms with Gasteiger partial charge in [-0.25, -0.2) is 12.8 Å². The second-order valence-electron chi connectivity index (χ2n) is 3.92. The van der Waals surface area contributed by atoms with E-state index in [1.54, 1.807) is 6.07 Å². The highest BCUT2D eigenvalue weighted by Gasteiger charge is 2.19. The molecule has 21 heavy (non-hydrogen) atoms. The number of aliphatic hydroxyl groups is 1. The Kier molecular flexibility index (Phi) is 4.52. The third-order valence-corrected chi connectivity index (χ3v) is 3.92. The van der Waals surface area contributed by atoms with Crippen LogP contribution in [0.2, 0.25) is 0 Å². The van der Waals surface area contributed by atoms with Crippen LogP contribution in [0.3, 0.4) is 0 Å². The molecule has 1 aromatic heterocycles. The normalized spacial score (nSPS) is 10.6. The third-order valence-electron chi connectivity index (χ3n) is 2.50. The number of hydrogen-bond donors (Lipinski definition) is 2. The Morgan fingerprint density at radius 3 is 2.76 bits per heavy atom. The standard InChI is InChI=1S/C14H11FN2O3S/c15-12-10-16-8-7-13(12)17-21(19,20)14-6-2-1-4-11(14)5-3-9-18/h1-2,4,6-8,10,18H,9H2,(H,16,17). The van der Waals surface area contributed by atoms with E-state index in [2.05, 4.69) is 21.5 Å². The van der Waals surface area contributed by atoms with Crippen LogP contribution in [-0.2, 0) is 10.0 Å². The van der Waals surface area contributed by atoms with E-state index in [0.717, 1.165) is 6.20 Å². The molecule has 0 atom stereocenters. The maximum absolute atomic E-state index is 13.5. The average molecular weight is 306 g/mol. The van der Waals surface area contributed by atoms with Gasteiger partial charge in [-0.05, 0) is 18.2 Å². The molecule has 1 heterocycles. The Bertz CT molecular complexity index is 810. The molecule has 2 aromatic rings. The zero-order valence-corrected chi connectivity index (χ0v) is 11.6. The van der Waals surface area contributed by atoms with Crippen LogP contribution in [-0.4, -0.2) is 25.1 Å². The van der Waals surface area contributed by atoms with Crippen molar-refractivity contribution < 1.29 is 17.9 Å². The Balaban J connectivity index is 2.43. The van der Waals surface area contributed by atoms with Gasteiger partial charge < -0.3 is 5.11 Å². The van der Waals surface area contributed by atoms with Crippen LogP contribution in [0.4, 0.5) is 10.1 Å². The molecule has 2 rings (SSSR count).